The number of methoxy groups -OCH3 is 1. The summed E-state index contributed by atoms with van der Waals surface area (Å²) in [5, 5.41) is 9.17. The molecular weight excluding hydrogens is 259 g/mol. The Morgan fingerprint density at radius 2 is 2.05 bits per heavy atom. The number of Topliss-reactive ketones (excluding diaryl/α,β-unsaturated/α-hetero) is 1. The quantitative estimate of drug-likeness (QED) is 0.801. The average molecular weight is 270 g/mol. The van der Waals surface area contributed by atoms with E-state index in [1.54, 1.807) is 12.1 Å². The van der Waals surface area contributed by atoms with Crippen molar-refractivity contribution in [2.24, 2.45) is 0 Å². The molecule has 20 heavy (non-hydrogen) atoms. The van der Waals surface area contributed by atoms with E-state index in [2.05, 4.69) is 4.98 Å². The van der Waals surface area contributed by atoms with E-state index in [-0.39, 0.29) is 11.3 Å². The number of ether oxygens (including phenoxy) is 1. The van der Waals surface area contributed by atoms with Crippen LogP contribution >= 0.6 is 0 Å². The Kier molecular flexibility index (Phi) is 4.06. The fraction of sp³-hybridized carbons (Fsp3) is 0.133. The van der Waals surface area contributed by atoms with Crippen LogP contribution in [-0.4, -0.2) is 17.9 Å². The summed E-state index contributed by atoms with van der Waals surface area (Å²) in [6.07, 6.45) is 3.00. The Balaban J connectivity index is 2.35. The van der Waals surface area contributed by atoms with Crippen molar-refractivity contribution in [3.63, 3.8) is 0 Å². The normalized spacial score (nSPS) is 11.4. The van der Waals surface area contributed by atoms with Gasteiger partial charge in [-0.3, -0.25) is 9.78 Å². The average Bonchev–Trinajstić information content (AvgIpc) is 2.49. The molecule has 1 heterocycles. The number of hydrogen-bond donors (Lipinski definition) is 0. The minimum absolute atomic E-state index is 0.0546. The van der Waals surface area contributed by atoms with E-state index < -0.39 is 17.5 Å². The van der Waals surface area contributed by atoms with Crippen molar-refractivity contribution in [2.75, 3.05) is 7.11 Å². The third kappa shape index (κ3) is 2.64. The van der Waals surface area contributed by atoms with Crippen LogP contribution in [0.2, 0.25) is 0 Å². The van der Waals surface area contributed by atoms with Crippen LogP contribution in [0.15, 0.2) is 42.7 Å². The number of ketones is 1. The van der Waals surface area contributed by atoms with E-state index in [9.17, 15) is 14.4 Å². The zero-order chi connectivity index (χ0) is 14.5. The lowest BCUT2D eigenvalue weighted by molar-refractivity contribution is 0.0978. The van der Waals surface area contributed by atoms with Gasteiger partial charge in [-0.05, 0) is 35.9 Å². The Morgan fingerprint density at radius 1 is 1.35 bits per heavy atom. The van der Waals surface area contributed by atoms with E-state index in [4.69, 9.17) is 4.74 Å². The molecule has 0 N–H and O–H groups in total. The van der Waals surface area contributed by atoms with Crippen molar-refractivity contribution in [2.45, 2.75) is 5.92 Å². The lowest BCUT2D eigenvalue weighted by Gasteiger charge is -2.09. The van der Waals surface area contributed by atoms with Gasteiger partial charge in [0.1, 0.15) is 5.92 Å². The monoisotopic (exact) mass is 270 g/mol. The number of nitrogens with zero attached hydrogens (tertiary/aromatic N) is 2. The summed E-state index contributed by atoms with van der Waals surface area (Å²) < 4.78 is 18.4. The second kappa shape index (κ2) is 5.93. The molecule has 1 aromatic carbocycles. The maximum absolute atomic E-state index is 13.6. The molecule has 0 aliphatic heterocycles. The van der Waals surface area contributed by atoms with Crippen LogP contribution in [0.5, 0.6) is 5.75 Å². The molecule has 0 spiro atoms. The van der Waals surface area contributed by atoms with Crippen LogP contribution < -0.4 is 4.74 Å². The molecule has 0 aliphatic carbocycles. The van der Waals surface area contributed by atoms with Gasteiger partial charge in [0.15, 0.2) is 17.3 Å². The highest BCUT2D eigenvalue weighted by Crippen LogP contribution is 2.23. The molecule has 0 fully saturated rings. The van der Waals surface area contributed by atoms with Crippen molar-refractivity contribution in [1.29, 1.82) is 5.26 Å². The second-order valence-electron chi connectivity index (χ2n) is 4.06. The van der Waals surface area contributed by atoms with E-state index >= 15 is 0 Å². The molecule has 2 aromatic rings. The number of halogens is 1. The number of rotatable bonds is 4. The predicted octanol–water partition coefficient (Wildman–Crippen LogP) is 2.72. The summed E-state index contributed by atoms with van der Waals surface area (Å²) in [4.78, 5) is 16.1. The second-order valence-corrected chi connectivity index (χ2v) is 4.06. The van der Waals surface area contributed by atoms with E-state index in [0.29, 0.717) is 5.56 Å². The number of carbonyl (C=O) groups excluding carboxylic acids is 1. The minimum atomic E-state index is -0.981. The summed E-state index contributed by atoms with van der Waals surface area (Å²) in [6, 6.07) is 8.99. The highest BCUT2D eigenvalue weighted by Gasteiger charge is 2.22. The fourth-order valence-corrected chi connectivity index (χ4v) is 1.83. The molecule has 2 rings (SSSR count). The lowest BCUT2D eigenvalue weighted by Crippen LogP contribution is -2.11. The van der Waals surface area contributed by atoms with Gasteiger partial charge in [0, 0.05) is 18.0 Å². The van der Waals surface area contributed by atoms with E-state index in [0.717, 1.165) is 6.07 Å². The number of pyridine rings is 1. The van der Waals surface area contributed by atoms with Gasteiger partial charge in [0.05, 0.1) is 13.2 Å². The van der Waals surface area contributed by atoms with Crippen molar-refractivity contribution < 1.29 is 13.9 Å². The van der Waals surface area contributed by atoms with Crippen molar-refractivity contribution in [1.82, 2.24) is 4.98 Å². The molecule has 1 aromatic heterocycles. The maximum Gasteiger partial charge on any atom is 0.184 e. The van der Waals surface area contributed by atoms with E-state index in [1.807, 2.05) is 6.07 Å². The zero-order valence-electron chi connectivity index (χ0n) is 10.7. The van der Waals surface area contributed by atoms with Gasteiger partial charge in [-0.1, -0.05) is 0 Å². The van der Waals surface area contributed by atoms with Crippen molar-refractivity contribution in [3.05, 3.63) is 59.7 Å². The van der Waals surface area contributed by atoms with Gasteiger partial charge in [0.25, 0.3) is 0 Å². The van der Waals surface area contributed by atoms with E-state index in [1.165, 1.54) is 31.6 Å². The molecule has 1 unspecified atom stereocenters. The number of carbonyl (C=O) groups is 1. The molecule has 5 heteroatoms. The summed E-state index contributed by atoms with van der Waals surface area (Å²) >= 11 is 0. The smallest absolute Gasteiger partial charge is 0.184 e. The zero-order valence-corrected chi connectivity index (χ0v) is 10.7. The Bertz CT molecular complexity index is 665. The number of aromatic nitrogens is 1. The molecule has 0 amide bonds. The highest BCUT2D eigenvalue weighted by atomic mass is 19.1. The topological polar surface area (TPSA) is 63.0 Å². The molecule has 100 valence electrons. The van der Waals surface area contributed by atoms with Gasteiger partial charge in [-0.25, -0.2) is 4.39 Å². The first-order valence-corrected chi connectivity index (χ1v) is 5.84. The summed E-state index contributed by atoms with van der Waals surface area (Å²) in [5.41, 5.74) is 0.662. The molecule has 0 saturated heterocycles. The fourth-order valence-electron chi connectivity index (χ4n) is 1.83. The highest BCUT2D eigenvalue weighted by molar-refractivity contribution is 6.02. The molecule has 4 nitrogen and oxygen atoms in total. The van der Waals surface area contributed by atoms with Gasteiger partial charge >= 0.3 is 0 Å². The van der Waals surface area contributed by atoms with Gasteiger partial charge < -0.3 is 4.74 Å². The van der Waals surface area contributed by atoms with Crippen LogP contribution in [0.1, 0.15) is 21.8 Å². The molecule has 0 aliphatic rings. The van der Waals surface area contributed by atoms with Gasteiger partial charge in [0.2, 0.25) is 0 Å². The Hall–Kier alpha value is -2.74. The van der Waals surface area contributed by atoms with Crippen LogP contribution in [0, 0.1) is 17.1 Å². The Morgan fingerprint density at radius 3 is 2.60 bits per heavy atom. The van der Waals surface area contributed by atoms with Crippen LogP contribution in [0.4, 0.5) is 4.39 Å². The predicted molar refractivity (Wildman–Crippen MR) is 69.9 cm³/mol. The molecule has 1 atom stereocenters. The van der Waals surface area contributed by atoms with Crippen LogP contribution in [-0.2, 0) is 0 Å². The first-order valence-electron chi connectivity index (χ1n) is 5.84. The first kappa shape index (κ1) is 13.7. The molecular formula is C15H11FN2O2. The van der Waals surface area contributed by atoms with Gasteiger partial charge in [-0.15, -0.1) is 0 Å². The minimum Gasteiger partial charge on any atom is -0.494 e. The lowest BCUT2D eigenvalue weighted by atomic mass is 9.92. The summed E-state index contributed by atoms with van der Waals surface area (Å²) in [5.74, 6) is -2.02. The molecule has 0 radical (unpaired) electrons. The third-order valence-corrected chi connectivity index (χ3v) is 2.87. The molecule has 0 bridgehead atoms. The summed E-state index contributed by atoms with van der Waals surface area (Å²) in [7, 11) is 1.34. The number of nitriles is 1. The van der Waals surface area contributed by atoms with Crippen molar-refractivity contribution >= 4 is 5.78 Å². The van der Waals surface area contributed by atoms with Crippen LogP contribution in [0.3, 0.4) is 0 Å². The third-order valence-electron chi connectivity index (χ3n) is 2.87. The molecule has 0 saturated carbocycles. The largest absolute Gasteiger partial charge is 0.494 e. The standard InChI is InChI=1S/C15H11FN2O2/c1-20-14-3-2-11(8-13(14)16)15(19)12(9-17)10-4-6-18-7-5-10/h2-8,12H,1H3. The van der Waals surface area contributed by atoms with Gasteiger partial charge in [-0.2, -0.15) is 5.26 Å². The number of benzene rings is 1. The maximum atomic E-state index is 13.6. The number of hydrogen-bond acceptors (Lipinski definition) is 4. The summed E-state index contributed by atoms with van der Waals surface area (Å²) in [6.45, 7) is 0. The first-order chi connectivity index (χ1) is 9.67. The van der Waals surface area contributed by atoms with Crippen LogP contribution in [0.25, 0.3) is 0 Å². The van der Waals surface area contributed by atoms with Crippen molar-refractivity contribution in [3.8, 4) is 11.8 Å². The SMILES string of the molecule is COc1ccc(C(=O)C(C#N)c2ccncc2)cc1F. The Labute approximate surface area is 115 Å².